The monoisotopic (exact) mass is 380 g/mol. The van der Waals surface area contributed by atoms with Crippen molar-refractivity contribution < 1.29 is 4.79 Å². The largest absolute Gasteiger partial charge is 0.344 e. The van der Waals surface area contributed by atoms with Gasteiger partial charge in [-0.25, -0.2) is 9.97 Å². The van der Waals surface area contributed by atoms with E-state index < -0.39 is 0 Å². The van der Waals surface area contributed by atoms with E-state index in [1.54, 1.807) is 13.0 Å². The Bertz CT molecular complexity index is 960. The molecule has 27 heavy (non-hydrogen) atoms. The number of nitrogens with zero attached hydrogens (tertiary/aromatic N) is 2. The molecular weight excluding hydrogens is 360 g/mol. The molecule has 1 heterocycles. The Morgan fingerprint density at radius 1 is 1.04 bits per heavy atom. The van der Waals surface area contributed by atoms with E-state index >= 15 is 0 Å². The summed E-state index contributed by atoms with van der Waals surface area (Å²) in [5, 5.41) is 6.81. The van der Waals surface area contributed by atoms with Gasteiger partial charge in [0.05, 0.1) is 6.04 Å². The first-order valence-electron chi connectivity index (χ1n) is 8.67. The number of rotatable bonds is 5. The van der Waals surface area contributed by atoms with Gasteiger partial charge in [0.1, 0.15) is 17.3 Å². The van der Waals surface area contributed by atoms with Gasteiger partial charge in [-0.15, -0.1) is 0 Å². The lowest BCUT2D eigenvalue weighted by Gasteiger charge is -2.15. The number of amides is 1. The van der Waals surface area contributed by atoms with Crippen LogP contribution in [0.2, 0.25) is 5.02 Å². The average molecular weight is 381 g/mol. The highest BCUT2D eigenvalue weighted by Gasteiger charge is 2.14. The van der Waals surface area contributed by atoms with Gasteiger partial charge in [0, 0.05) is 16.8 Å². The van der Waals surface area contributed by atoms with Crippen LogP contribution in [0.15, 0.2) is 54.6 Å². The van der Waals surface area contributed by atoms with E-state index in [0.717, 1.165) is 16.8 Å². The highest BCUT2D eigenvalue weighted by atomic mass is 35.5. The summed E-state index contributed by atoms with van der Waals surface area (Å²) in [6, 6.07) is 17.0. The normalized spacial score (nSPS) is 11.7. The number of nitrogens with one attached hydrogen (secondary N) is 2. The van der Waals surface area contributed by atoms with E-state index in [2.05, 4.69) is 20.6 Å². The number of halogens is 1. The maximum absolute atomic E-state index is 12.6. The first-order chi connectivity index (χ1) is 12.9. The number of aromatic nitrogens is 2. The van der Waals surface area contributed by atoms with Crippen LogP contribution in [0.5, 0.6) is 0 Å². The average Bonchev–Trinajstić information content (AvgIpc) is 2.65. The molecule has 0 aliphatic heterocycles. The highest BCUT2D eigenvalue weighted by Crippen LogP contribution is 2.23. The summed E-state index contributed by atoms with van der Waals surface area (Å²) in [5.41, 5.74) is 3.14. The molecule has 5 nitrogen and oxygen atoms in total. The Hall–Kier alpha value is -2.92. The molecule has 0 aliphatic carbocycles. The quantitative estimate of drug-likeness (QED) is 0.655. The first kappa shape index (κ1) is 18.9. The molecule has 138 valence electrons. The molecule has 0 radical (unpaired) electrons. The van der Waals surface area contributed by atoms with Crippen molar-refractivity contribution in [3.8, 4) is 0 Å². The van der Waals surface area contributed by atoms with Crippen molar-refractivity contribution in [2.45, 2.75) is 26.8 Å². The van der Waals surface area contributed by atoms with Crippen LogP contribution in [0.1, 0.15) is 40.4 Å². The minimum Gasteiger partial charge on any atom is -0.344 e. The van der Waals surface area contributed by atoms with Crippen molar-refractivity contribution in [1.82, 2.24) is 15.3 Å². The second-order valence-electron chi connectivity index (χ2n) is 6.38. The van der Waals surface area contributed by atoms with Crippen molar-refractivity contribution in [2.75, 3.05) is 5.32 Å². The van der Waals surface area contributed by atoms with E-state index in [1.807, 2.05) is 62.4 Å². The Balaban J connectivity index is 1.78. The summed E-state index contributed by atoms with van der Waals surface area (Å²) in [7, 11) is 0. The summed E-state index contributed by atoms with van der Waals surface area (Å²) in [6.07, 6.45) is 0. The Kier molecular flexibility index (Phi) is 5.72. The molecule has 0 spiro atoms. The first-order valence-corrected chi connectivity index (χ1v) is 9.05. The van der Waals surface area contributed by atoms with Crippen LogP contribution in [0.3, 0.4) is 0 Å². The van der Waals surface area contributed by atoms with Crippen molar-refractivity contribution >= 4 is 29.0 Å². The van der Waals surface area contributed by atoms with Crippen LogP contribution < -0.4 is 10.6 Å². The van der Waals surface area contributed by atoms with Crippen LogP contribution in [0.25, 0.3) is 0 Å². The van der Waals surface area contributed by atoms with Gasteiger partial charge in [-0.1, -0.05) is 48.0 Å². The fourth-order valence-electron chi connectivity index (χ4n) is 2.66. The van der Waals surface area contributed by atoms with E-state index in [9.17, 15) is 4.79 Å². The number of hydrogen-bond acceptors (Lipinski definition) is 4. The zero-order valence-corrected chi connectivity index (χ0v) is 16.2. The van der Waals surface area contributed by atoms with Gasteiger partial charge >= 0.3 is 0 Å². The molecule has 0 fully saturated rings. The number of benzene rings is 2. The third-order valence-electron chi connectivity index (χ3n) is 4.16. The fraction of sp³-hybridized carbons (Fsp3) is 0.190. The molecule has 6 heteroatoms. The summed E-state index contributed by atoms with van der Waals surface area (Å²) < 4.78 is 0. The van der Waals surface area contributed by atoms with Gasteiger partial charge in [0.2, 0.25) is 0 Å². The molecule has 1 unspecified atom stereocenters. The number of carbonyl (C=O) groups excluding carboxylic acids is 1. The topological polar surface area (TPSA) is 66.9 Å². The maximum atomic E-state index is 12.6. The molecular formula is C21H21ClN4O. The SMILES string of the molecule is Cc1nc(Nc2ccc(C)c(Cl)c2)cc(C(=O)NC(C)c2ccccc2)n1. The van der Waals surface area contributed by atoms with Crippen LogP contribution in [0.4, 0.5) is 11.5 Å². The fourth-order valence-corrected chi connectivity index (χ4v) is 2.84. The number of carbonyl (C=O) groups is 1. The van der Waals surface area contributed by atoms with E-state index in [1.165, 1.54) is 0 Å². The summed E-state index contributed by atoms with van der Waals surface area (Å²) >= 11 is 6.17. The Morgan fingerprint density at radius 3 is 2.48 bits per heavy atom. The standard InChI is InChI=1S/C21H21ClN4O/c1-13-9-10-17(11-18(13)22)26-20-12-19(24-15(3)25-20)21(27)23-14(2)16-7-5-4-6-8-16/h4-12,14H,1-3H3,(H,23,27)(H,24,25,26). The van der Waals surface area contributed by atoms with Crippen LogP contribution in [0, 0.1) is 13.8 Å². The van der Waals surface area contributed by atoms with Gasteiger partial charge in [-0.2, -0.15) is 0 Å². The molecule has 0 bridgehead atoms. The van der Waals surface area contributed by atoms with Crippen LogP contribution >= 0.6 is 11.6 Å². The van der Waals surface area contributed by atoms with Gasteiger partial charge in [0.25, 0.3) is 5.91 Å². The molecule has 3 aromatic rings. The maximum Gasteiger partial charge on any atom is 0.270 e. The lowest BCUT2D eigenvalue weighted by molar-refractivity contribution is 0.0934. The van der Waals surface area contributed by atoms with E-state index in [-0.39, 0.29) is 11.9 Å². The van der Waals surface area contributed by atoms with Crippen molar-refractivity contribution in [3.63, 3.8) is 0 Å². The zero-order chi connectivity index (χ0) is 19.4. The number of anilines is 2. The predicted octanol–water partition coefficient (Wildman–Crippen LogP) is 4.98. The molecule has 0 saturated heterocycles. The lowest BCUT2D eigenvalue weighted by atomic mass is 10.1. The molecule has 1 aromatic heterocycles. The van der Waals surface area contributed by atoms with Crippen LogP contribution in [-0.4, -0.2) is 15.9 Å². The minimum atomic E-state index is -0.248. The van der Waals surface area contributed by atoms with Crippen molar-refractivity contribution in [3.05, 3.63) is 82.3 Å². The number of aryl methyl sites for hydroxylation is 2. The Labute approximate surface area is 163 Å². The molecule has 2 N–H and O–H groups in total. The smallest absolute Gasteiger partial charge is 0.270 e. The van der Waals surface area contributed by atoms with E-state index in [0.29, 0.717) is 22.4 Å². The molecule has 3 rings (SSSR count). The minimum absolute atomic E-state index is 0.124. The van der Waals surface area contributed by atoms with Gasteiger partial charge in [0.15, 0.2) is 0 Å². The third-order valence-corrected chi connectivity index (χ3v) is 4.57. The summed E-state index contributed by atoms with van der Waals surface area (Å²) in [4.78, 5) is 21.3. The lowest BCUT2D eigenvalue weighted by Crippen LogP contribution is -2.27. The zero-order valence-electron chi connectivity index (χ0n) is 15.5. The predicted molar refractivity (Wildman–Crippen MR) is 109 cm³/mol. The molecule has 2 aromatic carbocycles. The molecule has 1 atom stereocenters. The molecule has 0 aliphatic rings. The van der Waals surface area contributed by atoms with Crippen LogP contribution in [-0.2, 0) is 0 Å². The van der Waals surface area contributed by atoms with Crippen molar-refractivity contribution in [2.24, 2.45) is 0 Å². The second-order valence-corrected chi connectivity index (χ2v) is 6.79. The second kappa shape index (κ2) is 8.18. The Morgan fingerprint density at radius 2 is 1.78 bits per heavy atom. The molecule has 0 saturated carbocycles. The molecule has 1 amide bonds. The van der Waals surface area contributed by atoms with Gasteiger partial charge in [-0.05, 0) is 44.0 Å². The summed E-state index contributed by atoms with van der Waals surface area (Å²) in [5.74, 6) is 0.803. The summed E-state index contributed by atoms with van der Waals surface area (Å²) in [6.45, 7) is 5.64. The van der Waals surface area contributed by atoms with Gasteiger partial charge in [-0.3, -0.25) is 4.79 Å². The third kappa shape index (κ3) is 4.83. The van der Waals surface area contributed by atoms with Crippen molar-refractivity contribution in [1.29, 1.82) is 0 Å². The number of hydrogen-bond donors (Lipinski definition) is 2. The highest BCUT2D eigenvalue weighted by molar-refractivity contribution is 6.31. The van der Waals surface area contributed by atoms with E-state index in [4.69, 9.17) is 11.6 Å². The van der Waals surface area contributed by atoms with Gasteiger partial charge < -0.3 is 10.6 Å².